The summed E-state index contributed by atoms with van der Waals surface area (Å²) in [5.41, 5.74) is 1.09. The number of rotatable bonds is 2. The average Bonchev–Trinajstić information content (AvgIpc) is 2.59. The van der Waals surface area contributed by atoms with Crippen LogP contribution in [0.25, 0.3) is 0 Å². The number of fused-ring (bicyclic) bond motifs is 1. The molecule has 82 valence electrons. The largest absolute Gasteiger partial charge is 0.481 e. The fourth-order valence-corrected chi connectivity index (χ4v) is 2.30. The molecular weight excluding hydrogens is 192 g/mol. The number of hydrogen-bond donors (Lipinski definition) is 1. The maximum Gasteiger partial charge on any atom is 0.314 e. The van der Waals surface area contributed by atoms with Crippen molar-refractivity contribution in [2.24, 2.45) is 5.92 Å². The highest BCUT2D eigenvalue weighted by Crippen LogP contribution is 2.38. The predicted octanol–water partition coefficient (Wildman–Crippen LogP) is 2.59. The number of carboxylic acids is 1. The summed E-state index contributed by atoms with van der Waals surface area (Å²) in [5.74, 6) is 0.554. The zero-order valence-electron chi connectivity index (χ0n) is 9.12. The Morgan fingerprint density at radius 3 is 3.00 bits per heavy atom. The van der Waals surface area contributed by atoms with Crippen LogP contribution >= 0.6 is 0 Å². The quantitative estimate of drug-likeness (QED) is 0.812. The minimum Gasteiger partial charge on any atom is -0.481 e. The van der Waals surface area contributed by atoms with Gasteiger partial charge in [0.05, 0.1) is 0 Å². The van der Waals surface area contributed by atoms with Crippen molar-refractivity contribution in [2.75, 3.05) is 0 Å². The number of carboxylic acid groups (broad SMARTS) is 1. The lowest BCUT2D eigenvalue weighted by Crippen LogP contribution is -2.24. The molecular formula is C12H16O3. The van der Waals surface area contributed by atoms with Crippen LogP contribution in [0.4, 0.5) is 0 Å². The summed E-state index contributed by atoms with van der Waals surface area (Å²) in [6.07, 6.45) is 2.71. The molecule has 2 atom stereocenters. The van der Waals surface area contributed by atoms with Gasteiger partial charge in [0.1, 0.15) is 17.4 Å². The molecule has 1 aliphatic rings. The van der Waals surface area contributed by atoms with E-state index in [0.717, 1.165) is 30.6 Å². The van der Waals surface area contributed by atoms with Crippen molar-refractivity contribution in [3.63, 3.8) is 0 Å². The third-order valence-electron chi connectivity index (χ3n) is 3.23. The fraction of sp³-hybridized carbons (Fsp3) is 0.583. The first-order chi connectivity index (χ1) is 7.13. The lowest BCUT2D eigenvalue weighted by molar-refractivity contribution is -0.140. The van der Waals surface area contributed by atoms with Gasteiger partial charge in [-0.3, -0.25) is 4.79 Å². The van der Waals surface area contributed by atoms with E-state index in [1.54, 1.807) is 0 Å². The molecule has 1 aromatic heterocycles. The summed E-state index contributed by atoms with van der Waals surface area (Å²) < 4.78 is 5.62. The molecule has 1 aliphatic carbocycles. The van der Waals surface area contributed by atoms with E-state index >= 15 is 0 Å². The maximum atomic E-state index is 11.2. The Morgan fingerprint density at radius 1 is 1.67 bits per heavy atom. The van der Waals surface area contributed by atoms with Gasteiger partial charge in [-0.25, -0.2) is 0 Å². The second-order valence-electron chi connectivity index (χ2n) is 4.29. The summed E-state index contributed by atoms with van der Waals surface area (Å²) >= 11 is 0. The molecule has 0 radical (unpaired) electrons. The minimum absolute atomic E-state index is 0.172. The zero-order valence-corrected chi connectivity index (χ0v) is 9.12. The predicted molar refractivity (Wildman–Crippen MR) is 55.9 cm³/mol. The van der Waals surface area contributed by atoms with Gasteiger partial charge in [-0.15, -0.1) is 0 Å². The Morgan fingerprint density at radius 2 is 2.40 bits per heavy atom. The maximum absolute atomic E-state index is 11.2. The zero-order chi connectivity index (χ0) is 11.0. The van der Waals surface area contributed by atoms with Crippen molar-refractivity contribution in [1.29, 1.82) is 0 Å². The molecule has 1 heterocycles. The van der Waals surface area contributed by atoms with E-state index in [9.17, 15) is 9.90 Å². The van der Waals surface area contributed by atoms with Crippen LogP contribution in [0.2, 0.25) is 0 Å². The van der Waals surface area contributed by atoms with Crippen molar-refractivity contribution in [1.82, 2.24) is 0 Å². The SMILES string of the molecule is CCc1cc2c(o1)C(C(=O)O)C(C)CC2. The summed E-state index contributed by atoms with van der Waals surface area (Å²) in [5, 5.41) is 9.18. The van der Waals surface area contributed by atoms with Crippen LogP contribution in [-0.2, 0) is 17.6 Å². The number of aryl methyl sites for hydroxylation is 2. The molecule has 3 heteroatoms. The normalized spacial score (nSPS) is 24.9. The van der Waals surface area contributed by atoms with Crippen LogP contribution in [0.1, 0.15) is 43.3 Å². The Kier molecular flexibility index (Phi) is 2.55. The Bertz CT molecular complexity index is 378. The summed E-state index contributed by atoms with van der Waals surface area (Å²) in [4.78, 5) is 11.2. The van der Waals surface area contributed by atoms with Crippen LogP contribution < -0.4 is 0 Å². The second-order valence-corrected chi connectivity index (χ2v) is 4.29. The monoisotopic (exact) mass is 208 g/mol. The highest BCUT2D eigenvalue weighted by atomic mass is 16.4. The molecule has 0 saturated heterocycles. The lowest BCUT2D eigenvalue weighted by atomic mass is 9.80. The first kappa shape index (κ1) is 10.3. The van der Waals surface area contributed by atoms with Crippen molar-refractivity contribution < 1.29 is 14.3 Å². The third kappa shape index (κ3) is 1.66. The standard InChI is InChI=1S/C12H16O3/c1-3-9-6-8-5-4-7(2)10(12(13)14)11(8)15-9/h6-7,10H,3-5H2,1-2H3,(H,13,14). The molecule has 0 amide bonds. The van der Waals surface area contributed by atoms with Crippen LogP contribution in [0.5, 0.6) is 0 Å². The van der Waals surface area contributed by atoms with E-state index in [1.807, 2.05) is 19.9 Å². The van der Waals surface area contributed by atoms with Gasteiger partial charge in [-0.05, 0) is 30.4 Å². The highest BCUT2D eigenvalue weighted by Gasteiger charge is 2.35. The molecule has 0 spiro atoms. The van der Waals surface area contributed by atoms with Gasteiger partial charge in [0, 0.05) is 6.42 Å². The number of hydrogen-bond acceptors (Lipinski definition) is 2. The molecule has 2 unspecified atom stereocenters. The average molecular weight is 208 g/mol. The highest BCUT2D eigenvalue weighted by molar-refractivity contribution is 5.76. The van der Waals surface area contributed by atoms with E-state index in [-0.39, 0.29) is 5.92 Å². The van der Waals surface area contributed by atoms with Crippen LogP contribution in [0.15, 0.2) is 10.5 Å². The number of carbonyl (C=O) groups is 1. The molecule has 0 bridgehead atoms. The van der Waals surface area contributed by atoms with Crippen LogP contribution in [0.3, 0.4) is 0 Å². The van der Waals surface area contributed by atoms with Gasteiger partial charge in [-0.2, -0.15) is 0 Å². The molecule has 2 rings (SSSR count). The Hall–Kier alpha value is -1.25. The Labute approximate surface area is 89.1 Å². The van der Waals surface area contributed by atoms with E-state index < -0.39 is 11.9 Å². The van der Waals surface area contributed by atoms with E-state index in [0.29, 0.717) is 5.76 Å². The molecule has 0 saturated carbocycles. The van der Waals surface area contributed by atoms with Gasteiger partial charge in [-0.1, -0.05) is 13.8 Å². The van der Waals surface area contributed by atoms with Gasteiger partial charge in [0.25, 0.3) is 0 Å². The smallest absolute Gasteiger partial charge is 0.314 e. The minimum atomic E-state index is -0.763. The van der Waals surface area contributed by atoms with Crippen molar-refractivity contribution >= 4 is 5.97 Å². The van der Waals surface area contributed by atoms with Gasteiger partial charge >= 0.3 is 5.97 Å². The van der Waals surface area contributed by atoms with E-state index in [1.165, 1.54) is 0 Å². The number of aliphatic carboxylic acids is 1. The van der Waals surface area contributed by atoms with E-state index in [4.69, 9.17) is 4.42 Å². The molecule has 0 aliphatic heterocycles. The first-order valence-corrected chi connectivity index (χ1v) is 5.47. The molecule has 15 heavy (non-hydrogen) atoms. The summed E-state index contributed by atoms with van der Waals surface area (Å²) in [7, 11) is 0. The number of furan rings is 1. The van der Waals surface area contributed by atoms with Crippen LogP contribution in [-0.4, -0.2) is 11.1 Å². The van der Waals surface area contributed by atoms with Crippen molar-refractivity contribution in [2.45, 2.75) is 39.0 Å². The first-order valence-electron chi connectivity index (χ1n) is 5.47. The lowest BCUT2D eigenvalue weighted by Gasteiger charge is -2.24. The molecule has 1 N–H and O–H groups in total. The Balaban J connectivity index is 2.42. The van der Waals surface area contributed by atoms with E-state index in [2.05, 4.69) is 0 Å². The molecule has 3 nitrogen and oxygen atoms in total. The molecule has 0 fully saturated rings. The topological polar surface area (TPSA) is 50.4 Å². The third-order valence-corrected chi connectivity index (χ3v) is 3.23. The van der Waals surface area contributed by atoms with Gasteiger partial charge in [0.2, 0.25) is 0 Å². The van der Waals surface area contributed by atoms with Crippen molar-refractivity contribution in [3.8, 4) is 0 Å². The van der Waals surface area contributed by atoms with Crippen LogP contribution in [0, 0.1) is 5.92 Å². The summed E-state index contributed by atoms with van der Waals surface area (Å²) in [6, 6.07) is 2.01. The van der Waals surface area contributed by atoms with Crippen molar-refractivity contribution in [3.05, 3.63) is 23.2 Å². The second kappa shape index (κ2) is 3.72. The summed E-state index contributed by atoms with van der Waals surface area (Å²) in [6.45, 7) is 4.00. The molecule has 1 aromatic rings. The van der Waals surface area contributed by atoms with Gasteiger partial charge in [0.15, 0.2) is 0 Å². The fourth-order valence-electron chi connectivity index (χ4n) is 2.30. The molecule has 0 aromatic carbocycles. The van der Waals surface area contributed by atoms with Gasteiger partial charge < -0.3 is 9.52 Å².